The van der Waals surface area contributed by atoms with Gasteiger partial charge >= 0.3 is 0 Å². The maximum absolute atomic E-state index is 12.9. The standard InChI is InChI=1S/C19H23N3O2S/c1-11(2)22(12(3)4)19(23)13(5)25-18-17-16(20-10-21-18)14-8-6-7-9-15(14)24-17/h6-13H,1-5H3/t13-/m0/s1. The van der Waals surface area contributed by atoms with Crippen LogP contribution in [-0.2, 0) is 4.79 Å². The fraction of sp³-hybridized carbons (Fsp3) is 0.421. The number of carbonyl (C=O) groups excluding carboxylic acids is 1. The molecule has 1 amide bonds. The number of furan rings is 1. The minimum absolute atomic E-state index is 0.109. The van der Waals surface area contributed by atoms with Gasteiger partial charge in [0.15, 0.2) is 5.58 Å². The first-order chi connectivity index (χ1) is 11.9. The molecule has 0 saturated heterocycles. The van der Waals surface area contributed by atoms with Crippen LogP contribution in [0.2, 0.25) is 0 Å². The van der Waals surface area contributed by atoms with Crippen LogP contribution < -0.4 is 0 Å². The Hall–Kier alpha value is -2.08. The van der Waals surface area contributed by atoms with Crippen LogP contribution in [-0.4, -0.2) is 38.1 Å². The SMILES string of the molecule is CC(C)N(C(=O)[C@H](C)Sc1ncnc2c1oc1ccccc12)C(C)C. The van der Waals surface area contributed by atoms with E-state index in [0.717, 1.165) is 16.5 Å². The fourth-order valence-electron chi connectivity index (χ4n) is 3.12. The second kappa shape index (κ2) is 7.04. The van der Waals surface area contributed by atoms with Crippen molar-refractivity contribution in [1.29, 1.82) is 0 Å². The molecule has 0 spiro atoms. The maximum Gasteiger partial charge on any atom is 0.236 e. The highest BCUT2D eigenvalue weighted by molar-refractivity contribution is 8.00. The van der Waals surface area contributed by atoms with Crippen molar-refractivity contribution in [2.24, 2.45) is 0 Å². The molecule has 1 atom stereocenters. The third kappa shape index (κ3) is 3.35. The summed E-state index contributed by atoms with van der Waals surface area (Å²) >= 11 is 1.42. The minimum Gasteiger partial charge on any atom is -0.451 e. The minimum atomic E-state index is -0.254. The number of fused-ring (bicyclic) bond motifs is 3. The molecule has 3 rings (SSSR count). The van der Waals surface area contributed by atoms with Crippen molar-refractivity contribution in [3.8, 4) is 0 Å². The zero-order valence-corrected chi connectivity index (χ0v) is 16.0. The summed E-state index contributed by atoms with van der Waals surface area (Å²) in [4.78, 5) is 23.5. The molecular formula is C19H23N3O2S. The summed E-state index contributed by atoms with van der Waals surface area (Å²) < 4.78 is 5.95. The number of carbonyl (C=O) groups is 1. The monoisotopic (exact) mass is 357 g/mol. The molecule has 0 fully saturated rings. The summed E-state index contributed by atoms with van der Waals surface area (Å²) in [5.41, 5.74) is 2.22. The Kier molecular flexibility index (Phi) is 4.99. The second-order valence-electron chi connectivity index (χ2n) is 6.65. The summed E-state index contributed by atoms with van der Waals surface area (Å²) in [6, 6.07) is 8.11. The lowest BCUT2D eigenvalue weighted by Crippen LogP contribution is -2.45. The van der Waals surface area contributed by atoms with Crippen LogP contribution in [0.4, 0.5) is 0 Å². The first-order valence-electron chi connectivity index (χ1n) is 8.51. The lowest BCUT2D eigenvalue weighted by Gasteiger charge is -2.32. The zero-order chi connectivity index (χ0) is 18.1. The molecule has 2 aromatic heterocycles. The number of amides is 1. The lowest BCUT2D eigenvalue weighted by atomic mass is 10.2. The Morgan fingerprint density at radius 1 is 1.08 bits per heavy atom. The number of aromatic nitrogens is 2. The van der Waals surface area contributed by atoms with Gasteiger partial charge in [0.1, 0.15) is 22.5 Å². The molecule has 6 heteroatoms. The quantitative estimate of drug-likeness (QED) is 0.497. The van der Waals surface area contributed by atoms with Crippen molar-refractivity contribution < 1.29 is 9.21 Å². The average Bonchev–Trinajstić information content (AvgIpc) is 2.94. The molecule has 1 aromatic carbocycles. The van der Waals surface area contributed by atoms with Crippen molar-refractivity contribution in [3.63, 3.8) is 0 Å². The predicted molar refractivity (Wildman–Crippen MR) is 102 cm³/mol. The zero-order valence-electron chi connectivity index (χ0n) is 15.2. The van der Waals surface area contributed by atoms with Crippen molar-refractivity contribution in [1.82, 2.24) is 14.9 Å². The van der Waals surface area contributed by atoms with Gasteiger partial charge in [-0.2, -0.15) is 0 Å². The van der Waals surface area contributed by atoms with Gasteiger partial charge in [-0.05, 0) is 46.8 Å². The Morgan fingerprint density at radius 3 is 2.44 bits per heavy atom. The summed E-state index contributed by atoms with van der Waals surface area (Å²) in [5.74, 6) is 0.109. The number of rotatable bonds is 5. The molecule has 0 saturated carbocycles. The predicted octanol–water partition coefficient (Wildman–Crippen LogP) is 4.50. The highest BCUT2D eigenvalue weighted by atomic mass is 32.2. The number of hydrogen-bond donors (Lipinski definition) is 0. The van der Waals surface area contributed by atoms with E-state index in [2.05, 4.69) is 9.97 Å². The van der Waals surface area contributed by atoms with Crippen LogP contribution in [0.25, 0.3) is 22.1 Å². The number of benzene rings is 1. The molecule has 0 unspecified atom stereocenters. The summed E-state index contributed by atoms with van der Waals surface area (Å²) in [5, 5.41) is 1.41. The molecule has 132 valence electrons. The van der Waals surface area contributed by atoms with Gasteiger partial charge in [-0.25, -0.2) is 9.97 Å². The van der Waals surface area contributed by atoms with E-state index in [1.165, 1.54) is 18.1 Å². The largest absolute Gasteiger partial charge is 0.451 e. The molecule has 0 bridgehead atoms. The summed E-state index contributed by atoms with van der Waals surface area (Å²) in [6.45, 7) is 10.1. The Morgan fingerprint density at radius 2 is 1.76 bits per heavy atom. The summed E-state index contributed by atoms with van der Waals surface area (Å²) in [7, 11) is 0. The van der Waals surface area contributed by atoms with Crippen LogP contribution in [0.3, 0.4) is 0 Å². The first kappa shape index (κ1) is 17.7. The number of para-hydroxylation sites is 1. The molecule has 3 aromatic rings. The Labute approximate surface area is 151 Å². The molecule has 0 aliphatic carbocycles. The van der Waals surface area contributed by atoms with Crippen LogP contribution in [0, 0.1) is 0 Å². The number of hydrogen-bond acceptors (Lipinski definition) is 5. The van der Waals surface area contributed by atoms with E-state index < -0.39 is 0 Å². The second-order valence-corrected chi connectivity index (χ2v) is 7.98. The molecule has 2 heterocycles. The van der Waals surface area contributed by atoms with Crippen molar-refractivity contribution in [2.75, 3.05) is 0 Å². The van der Waals surface area contributed by atoms with E-state index in [1.54, 1.807) is 0 Å². The van der Waals surface area contributed by atoms with Crippen molar-refractivity contribution >= 4 is 39.7 Å². The van der Waals surface area contributed by atoms with Gasteiger partial charge in [0.05, 0.1) is 5.25 Å². The maximum atomic E-state index is 12.9. The van der Waals surface area contributed by atoms with Gasteiger partial charge in [0.25, 0.3) is 0 Å². The topological polar surface area (TPSA) is 59.2 Å². The fourth-order valence-corrected chi connectivity index (χ4v) is 4.03. The van der Waals surface area contributed by atoms with Crippen LogP contribution in [0.5, 0.6) is 0 Å². The molecular weight excluding hydrogens is 334 g/mol. The van der Waals surface area contributed by atoms with Gasteiger partial charge < -0.3 is 9.32 Å². The van der Waals surface area contributed by atoms with Crippen LogP contribution in [0.1, 0.15) is 34.6 Å². The Balaban J connectivity index is 1.93. The van der Waals surface area contributed by atoms with Crippen molar-refractivity contribution in [2.45, 2.75) is 57.0 Å². The highest BCUT2D eigenvalue weighted by Crippen LogP contribution is 2.34. The van der Waals surface area contributed by atoms with Gasteiger partial charge in [0.2, 0.25) is 5.91 Å². The molecule has 0 aliphatic rings. The van der Waals surface area contributed by atoms with E-state index in [1.807, 2.05) is 63.8 Å². The van der Waals surface area contributed by atoms with E-state index >= 15 is 0 Å². The smallest absolute Gasteiger partial charge is 0.236 e. The average molecular weight is 357 g/mol. The summed E-state index contributed by atoms with van der Waals surface area (Å²) in [6.07, 6.45) is 1.53. The van der Waals surface area contributed by atoms with Crippen LogP contribution in [0.15, 0.2) is 40.0 Å². The van der Waals surface area contributed by atoms with Gasteiger partial charge in [-0.3, -0.25) is 4.79 Å². The molecule has 25 heavy (non-hydrogen) atoms. The van der Waals surface area contributed by atoms with Crippen LogP contribution >= 0.6 is 11.8 Å². The van der Waals surface area contributed by atoms with E-state index in [-0.39, 0.29) is 23.2 Å². The van der Waals surface area contributed by atoms with E-state index in [0.29, 0.717) is 10.6 Å². The van der Waals surface area contributed by atoms with Gasteiger partial charge in [0, 0.05) is 17.5 Å². The van der Waals surface area contributed by atoms with Crippen molar-refractivity contribution in [3.05, 3.63) is 30.6 Å². The number of nitrogens with zero attached hydrogens (tertiary/aromatic N) is 3. The van der Waals surface area contributed by atoms with Gasteiger partial charge in [-0.1, -0.05) is 23.9 Å². The first-order valence-corrected chi connectivity index (χ1v) is 9.39. The Bertz CT molecular complexity index is 896. The van der Waals surface area contributed by atoms with E-state index in [9.17, 15) is 4.79 Å². The normalized spacial score (nSPS) is 13.1. The molecule has 5 nitrogen and oxygen atoms in total. The highest BCUT2D eigenvalue weighted by Gasteiger charge is 2.27. The van der Waals surface area contributed by atoms with Gasteiger partial charge in [-0.15, -0.1) is 0 Å². The molecule has 0 aliphatic heterocycles. The third-order valence-corrected chi connectivity index (χ3v) is 5.20. The molecule has 0 N–H and O–H groups in total. The lowest BCUT2D eigenvalue weighted by molar-refractivity contribution is -0.133. The van der Waals surface area contributed by atoms with E-state index in [4.69, 9.17) is 4.42 Å². The third-order valence-electron chi connectivity index (χ3n) is 4.13. The molecule has 0 radical (unpaired) electrons. The number of thioether (sulfide) groups is 1.